The average Bonchev–Trinajstić information content (AvgIpc) is 3.37. The number of nitrogens with one attached hydrogen (secondary N) is 1. The molecule has 0 spiro atoms. The van der Waals surface area contributed by atoms with E-state index in [0.717, 1.165) is 29.9 Å². The first-order valence-electron chi connectivity index (χ1n) is 9.39. The van der Waals surface area contributed by atoms with E-state index >= 15 is 0 Å². The molecule has 3 heterocycles. The van der Waals surface area contributed by atoms with Crippen LogP contribution in [0.15, 0.2) is 60.2 Å². The summed E-state index contributed by atoms with van der Waals surface area (Å²) in [5.74, 6) is 0.623. The van der Waals surface area contributed by atoms with Gasteiger partial charge >= 0.3 is 0 Å². The molecule has 0 amide bonds. The highest BCUT2D eigenvalue weighted by atomic mass is 32.1. The number of carbonyl (C=O) groups excluding carboxylic acids is 1. The molecule has 0 atom stereocenters. The van der Waals surface area contributed by atoms with Crippen LogP contribution in [0, 0.1) is 5.92 Å². The zero-order valence-corrected chi connectivity index (χ0v) is 16.7. The third kappa shape index (κ3) is 3.68. The quantitative estimate of drug-likeness (QED) is 0.444. The Kier molecular flexibility index (Phi) is 5.21. The van der Waals surface area contributed by atoms with Crippen LogP contribution in [0.1, 0.15) is 35.5 Å². The zero-order chi connectivity index (χ0) is 19.5. The van der Waals surface area contributed by atoms with Gasteiger partial charge in [0.05, 0.1) is 22.3 Å². The molecule has 4 rings (SSSR count). The van der Waals surface area contributed by atoms with Crippen LogP contribution in [0.4, 0.5) is 5.69 Å². The van der Waals surface area contributed by atoms with Crippen molar-refractivity contribution in [3.8, 4) is 11.3 Å². The third-order valence-electron chi connectivity index (χ3n) is 4.60. The minimum absolute atomic E-state index is 0.0428. The molecule has 0 bridgehead atoms. The molecule has 0 aliphatic carbocycles. The maximum Gasteiger partial charge on any atom is 0.208 e. The fourth-order valence-electron chi connectivity index (χ4n) is 3.10. The zero-order valence-electron chi connectivity index (χ0n) is 15.9. The molecule has 6 heteroatoms. The van der Waals surface area contributed by atoms with Gasteiger partial charge in [-0.25, -0.2) is 9.50 Å². The first-order chi connectivity index (χ1) is 13.6. The van der Waals surface area contributed by atoms with Crippen molar-refractivity contribution in [3.63, 3.8) is 0 Å². The molecule has 0 aliphatic heterocycles. The molecule has 0 fully saturated rings. The van der Waals surface area contributed by atoms with Crippen molar-refractivity contribution in [2.24, 2.45) is 5.92 Å². The summed E-state index contributed by atoms with van der Waals surface area (Å²) in [5, 5.41) is 9.84. The minimum Gasteiger partial charge on any atom is -0.385 e. The van der Waals surface area contributed by atoms with Gasteiger partial charge in [-0.05, 0) is 42.0 Å². The molecule has 5 nitrogen and oxygen atoms in total. The second-order valence-corrected chi connectivity index (χ2v) is 8.07. The van der Waals surface area contributed by atoms with Crippen molar-refractivity contribution in [1.29, 1.82) is 0 Å². The van der Waals surface area contributed by atoms with Gasteiger partial charge in [0.1, 0.15) is 0 Å². The molecule has 3 aromatic heterocycles. The topological polar surface area (TPSA) is 59.3 Å². The maximum atomic E-state index is 12.8. The second-order valence-electron chi connectivity index (χ2n) is 7.12. The van der Waals surface area contributed by atoms with E-state index in [0.29, 0.717) is 22.0 Å². The number of benzene rings is 1. The number of hydrogen-bond donors (Lipinski definition) is 1. The van der Waals surface area contributed by atoms with Crippen LogP contribution < -0.4 is 5.32 Å². The second kappa shape index (κ2) is 7.94. The number of thiophene rings is 1. The molecule has 0 radical (unpaired) electrons. The molecule has 0 aliphatic rings. The average molecular weight is 391 g/mol. The Bertz CT molecular complexity index is 1100. The van der Waals surface area contributed by atoms with E-state index in [-0.39, 0.29) is 5.78 Å². The number of hydrogen-bond acceptors (Lipinski definition) is 5. The van der Waals surface area contributed by atoms with Gasteiger partial charge in [0.2, 0.25) is 5.78 Å². The molecular formula is C22H22N4OS. The van der Waals surface area contributed by atoms with Crippen LogP contribution in [0.2, 0.25) is 0 Å². The predicted molar refractivity (Wildman–Crippen MR) is 114 cm³/mol. The summed E-state index contributed by atoms with van der Waals surface area (Å²) in [4.78, 5) is 17.9. The summed E-state index contributed by atoms with van der Waals surface area (Å²) in [5.41, 5.74) is 4.11. The highest BCUT2D eigenvalue weighted by Gasteiger charge is 2.18. The highest BCUT2D eigenvalue weighted by molar-refractivity contribution is 7.12. The van der Waals surface area contributed by atoms with Crippen molar-refractivity contribution in [1.82, 2.24) is 14.6 Å². The Labute approximate surface area is 168 Å². The van der Waals surface area contributed by atoms with Crippen molar-refractivity contribution in [2.45, 2.75) is 20.3 Å². The fourth-order valence-corrected chi connectivity index (χ4v) is 3.78. The fraction of sp³-hybridized carbons (Fsp3) is 0.227. The first-order valence-corrected chi connectivity index (χ1v) is 10.3. The van der Waals surface area contributed by atoms with Crippen molar-refractivity contribution in [3.05, 3.63) is 70.7 Å². The number of aromatic nitrogens is 3. The van der Waals surface area contributed by atoms with Crippen LogP contribution in [-0.4, -0.2) is 26.9 Å². The van der Waals surface area contributed by atoms with Gasteiger partial charge in [-0.3, -0.25) is 4.79 Å². The molecular weight excluding hydrogens is 368 g/mol. The molecule has 0 saturated carbocycles. The van der Waals surface area contributed by atoms with Crippen molar-refractivity contribution >= 4 is 28.5 Å². The number of rotatable bonds is 7. The summed E-state index contributed by atoms with van der Waals surface area (Å²) in [6.45, 7) is 5.38. The molecule has 1 aromatic carbocycles. The monoisotopic (exact) mass is 390 g/mol. The van der Waals surface area contributed by atoms with Crippen LogP contribution >= 0.6 is 11.3 Å². The Morgan fingerprint density at radius 2 is 2.11 bits per heavy atom. The van der Waals surface area contributed by atoms with Crippen LogP contribution in [-0.2, 0) is 0 Å². The number of carbonyl (C=O) groups is 1. The molecule has 28 heavy (non-hydrogen) atoms. The Morgan fingerprint density at radius 1 is 1.21 bits per heavy atom. The minimum atomic E-state index is -0.0428. The third-order valence-corrected chi connectivity index (χ3v) is 5.47. The summed E-state index contributed by atoms with van der Waals surface area (Å²) in [6.07, 6.45) is 4.46. The van der Waals surface area contributed by atoms with E-state index < -0.39 is 0 Å². The number of ketones is 1. The van der Waals surface area contributed by atoms with E-state index in [1.165, 1.54) is 11.3 Å². The van der Waals surface area contributed by atoms with E-state index in [9.17, 15) is 4.79 Å². The maximum absolute atomic E-state index is 12.8. The molecule has 0 unspecified atom stereocenters. The largest absolute Gasteiger partial charge is 0.385 e. The number of anilines is 1. The van der Waals surface area contributed by atoms with Gasteiger partial charge in [0.25, 0.3) is 0 Å². The molecule has 1 N–H and O–H groups in total. The lowest BCUT2D eigenvalue weighted by Gasteiger charge is -2.10. The predicted octanol–water partition coefficient (Wildman–Crippen LogP) is 5.15. The Hall–Kier alpha value is -2.99. The summed E-state index contributed by atoms with van der Waals surface area (Å²) >= 11 is 1.43. The first kappa shape index (κ1) is 18.4. The van der Waals surface area contributed by atoms with E-state index in [4.69, 9.17) is 0 Å². The molecule has 4 aromatic rings. The van der Waals surface area contributed by atoms with Gasteiger partial charge in [0.15, 0.2) is 5.65 Å². The summed E-state index contributed by atoms with van der Waals surface area (Å²) in [6, 6.07) is 13.9. The van der Waals surface area contributed by atoms with Crippen LogP contribution in [0.25, 0.3) is 16.9 Å². The van der Waals surface area contributed by atoms with Gasteiger partial charge < -0.3 is 5.32 Å². The smallest absolute Gasteiger partial charge is 0.208 e. The summed E-state index contributed by atoms with van der Waals surface area (Å²) in [7, 11) is 0. The van der Waals surface area contributed by atoms with Crippen LogP contribution in [0.5, 0.6) is 0 Å². The lowest BCUT2D eigenvalue weighted by atomic mass is 10.1. The van der Waals surface area contributed by atoms with Crippen molar-refractivity contribution in [2.75, 3.05) is 11.9 Å². The molecule has 0 saturated heterocycles. The highest BCUT2D eigenvalue weighted by Crippen LogP contribution is 2.25. The Morgan fingerprint density at radius 3 is 2.89 bits per heavy atom. The lowest BCUT2D eigenvalue weighted by molar-refractivity contribution is 0.104. The van der Waals surface area contributed by atoms with Gasteiger partial charge in [-0.2, -0.15) is 5.10 Å². The van der Waals surface area contributed by atoms with Crippen LogP contribution in [0.3, 0.4) is 0 Å². The van der Waals surface area contributed by atoms with E-state index in [1.807, 2.05) is 35.7 Å². The lowest BCUT2D eigenvalue weighted by Crippen LogP contribution is -2.05. The number of fused-ring (bicyclic) bond motifs is 1. The normalized spacial score (nSPS) is 11.2. The van der Waals surface area contributed by atoms with E-state index in [1.54, 1.807) is 16.9 Å². The molecule has 142 valence electrons. The van der Waals surface area contributed by atoms with Gasteiger partial charge in [0, 0.05) is 24.0 Å². The SMILES string of the molecule is CC(C)CCNc1cccc(-c2ccnc3c(C(=O)c4cccs4)cnn23)c1. The van der Waals surface area contributed by atoms with E-state index in [2.05, 4.69) is 41.4 Å². The summed E-state index contributed by atoms with van der Waals surface area (Å²) < 4.78 is 1.74. The van der Waals surface area contributed by atoms with Gasteiger partial charge in [-0.15, -0.1) is 11.3 Å². The Balaban J connectivity index is 1.68. The standard InChI is InChI=1S/C22H22N4OS/c1-15(2)8-10-23-17-6-3-5-16(13-17)19-9-11-24-22-18(14-25-26(19)22)21(27)20-7-4-12-28-20/h3-7,9,11-15,23H,8,10H2,1-2H3. The van der Waals surface area contributed by atoms with Crippen molar-refractivity contribution < 1.29 is 4.79 Å². The number of nitrogens with zero attached hydrogens (tertiary/aromatic N) is 3. The van der Waals surface area contributed by atoms with Gasteiger partial charge in [-0.1, -0.05) is 32.0 Å².